The van der Waals surface area contributed by atoms with E-state index in [1.165, 1.54) is 17.4 Å². The first kappa shape index (κ1) is 22.3. The van der Waals surface area contributed by atoms with Crippen LogP contribution in [0.5, 0.6) is 0 Å². The number of hydrogen-bond acceptors (Lipinski definition) is 4. The third kappa shape index (κ3) is 4.87. The zero-order chi connectivity index (χ0) is 19.6. The van der Waals surface area contributed by atoms with Gasteiger partial charge in [-0.15, -0.1) is 12.4 Å². The number of fused-ring (bicyclic) bond motifs is 1. The number of para-hydroxylation sites is 1. The van der Waals surface area contributed by atoms with Crippen molar-refractivity contribution in [2.75, 3.05) is 32.1 Å². The van der Waals surface area contributed by atoms with E-state index >= 15 is 0 Å². The van der Waals surface area contributed by atoms with Crippen molar-refractivity contribution < 1.29 is 9.18 Å². The normalized spacial score (nSPS) is 10.9. The number of carbonyl (C=O) groups excluding carboxylic acids is 1. The molecule has 0 aliphatic heterocycles. The Morgan fingerprint density at radius 1 is 1.14 bits per heavy atom. The van der Waals surface area contributed by atoms with Crippen LogP contribution in [0.25, 0.3) is 10.2 Å². The van der Waals surface area contributed by atoms with Crippen molar-refractivity contribution in [3.05, 3.63) is 58.9 Å². The molecule has 1 aromatic heterocycles. The van der Waals surface area contributed by atoms with Crippen LogP contribution < -0.4 is 4.90 Å². The molecule has 0 aliphatic rings. The SMILES string of the molecule is Cc1ccc(C(=O)N(CCCN(C)C)c2nc3c(F)cccc3s2)c(C)c1.Cl. The Morgan fingerprint density at radius 3 is 2.54 bits per heavy atom. The van der Waals surface area contributed by atoms with Gasteiger partial charge in [-0.05, 0) is 64.7 Å². The number of anilines is 1. The van der Waals surface area contributed by atoms with Gasteiger partial charge in [0.2, 0.25) is 0 Å². The topological polar surface area (TPSA) is 36.4 Å². The van der Waals surface area contributed by atoms with Crippen molar-refractivity contribution in [2.45, 2.75) is 20.3 Å². The van der Waals surface area contributed by atoms with Gasteiger partial charge < -0.3 is 4.90 Å². The average Bonchev–Trinajstić information content (AvgIpc) is 3.03. The quantitative estimate of drug-likeness (QED) is 0.557. The van der Waals surface area contributed by atoms with E-state index in [0.29, 0.717) is 22.8 Å². The number of rotatable bonds is 6. The minimum atomic E-state index is -0.359. The minimum absolute atomic E-state index is 0. The number of amides is 1. The van der Waals surface area contributed by atoms with Crippen molar-refractivity contribution in [3.8, 4) is 0 Å². The Kier molecular flexibility index (Phi) is 7.52. The molecule has 0 aliphatic carbocycles. The molecule has 0 fully saturated rings. The Balaban J connectivity index is 0.00000280. The Labute approximate surface area is 175 Å². The van der Waals surface area contributed by atoms with E-state index in [-0.39, 0.29) is 24.1 Å². The fourth-order valence-electron chi connectivity index (χ4n) is 3.05. The second kappa shape index (κ2) is 9.45. The largest absolute Gasteiger partial charge is 0.309 e. The minimum Gasteiger partial charge on any atom is -0.309 e. The summed E-state index contributed by atoms with van der Waals surface area (Å²) in [6.07, 6.45) is 0.808. The van der Waals surface area contributed by atoms with Crippen molar-refractivity contribution >= 4 is 45.0 Å². The summed E-state index contributed by atoms with van der Waals surface area (Å²) in [4.78, 5) is 21.5. The number of carbonyl (C=O) groups is 1. The van der Waals surface area contributed by atoms with Crippen molar-refractivity contribution in [1.82, 2.24) is 9.88 Å². The van der Waals surface area contributed by atoms with Gasteiger partial charge in [0.25, 0.3) is 5.91 Å². The molecule has 3 aromatic rings. The number of halogens is 2. The summed E-state index contributed by atoms with van der Waals surface area (Å²) in [7, 11) is 4.01. The van der Waals surface area contributed by atoms with Gasteiger partial charge in [-0.1, -0.05) is 35.1 Å². The van der Waals surface area contributed by atoms with E-state index in [1.807, 2.05) is 52.2 Å². The Bertz CT molecular complexity index is 973. The molecule has 28 heavy (non-hydrogen) atoms. The number of hydrogen-bond donors (Lipinski definition) is 0. The molecule has 150 valence electrons. The predicted molar refractivity (Wildman–Crippen MR) is 118 cm³/mol. The molecule has 3 rings (SSSR count). The summed E-state index contributed by atoms with van der Waals surface area (Å²) in [5.41, 5.74) is 3.03. The molecule has 7 heteroatoms. The van der Waals surface area contributed by atoms with Crippen LogP contribution in [-0.2, 0) is 0 Å². The van der Waals surface area contributed by atoms with E-state index in [2.05, 4.69) is 9.88 Å². The van der Waals surface area contributed by atoms with Crippen LogP contribution in [0.15, 0.2) is 36.4 Å². The first-order chi connectivity index (χ1) is 12.9. The summed E-state index contributed by atoms with van der Waals surface area (Å²) >= 11 is 1.35. The maximum Gasteiger partial charge on any atom is 0.260 e. The lowest BCUT2D eigenvalue weighted by Gasteiger charge is -2.22. The molecule has 0 saturated carbocycles. The highest BCUT2D eigenvalue weighted by Gasteiger charge is 2.23. The predicted octanol–water partition coefficient (Wildman–Crippen LogP) is 5.07. The standard InChI is InChI=1S/C21H24FN3OS.ClH/c1-14-9-10-16(15(2)13-14)20(26)25(12-6-11-24(3)4)21-23-19-17(22)7-5-8-18(19)27-21;/h5,7-10,13H,6,11-12H2,1-4H3;1H. The van der Waals surface area contributed by atoms with E-state index < -0.39 is 0 Å². The molecule has 0 radical (unpaired) electrons. The van der Waals surface area contributed by atoms with Crippen molar-refractivity contribution in [1.29, 1.82) is 0 Å². The first-order valence-corrected chi connectivity index (χ1v) is 9.77. The molecule has 0 bridgehead atoms. The van der Waals surface area contributed by atoms with Crippen molar-refractivity contribution in [3.63, 3.8) is 0 Å². The van der Waals surface area contributed by atoms with Crippen LogP contribution in [0.1, 0.15) is 27.9 Å². The molecule has 0 atom stereocenters. The Morgan fingerprint density at radius 2 is 1.89 bits per heavy atom. The van der Waals surface area contributed by atoms with E-state index in [4.69, 9.17) is 0 Å². The van der Waals surface area contributed by atoms with Crippen LogP contribution in [-0.4, -0.2) is 43.0 Å². The average molecular weight is 422 g/mol. The second-order valence-electron chi connectivity index (χ2n) is 7.02. The maximum atomic E-state index is 14.1. The fourth-order valence-corrected chi connectivity index (χ4v) is 4.05. The summed E-state index contributed by atoms with van der Waals surface area (Å²) < 4.78 is 14.8. The van der Waals surface area contributed by atoms with Crippen LogP contribution in [0.4, 0.5) is 9.52 Å². The van der Waals surface area contributed by atoms with Crippen LogP contribution in [0.2, 0.25) is 0 Å². The van der Waals surface area contributed by atoms with Gasteiger partial charge in [-0.2, -0.15) is 0 Å². The fraction of sp³-hybridized carbons (Fsp3) is 0.333. The number of aromatic nitrogens is 1. The molecular formula is C21H25ClFN3OS. The third-order valence-electron chi connectivity index (χ3n) is 4.43. The molecule has 1 heterocycles. The summed E-state index contributed by atoms with van der Waals surface area (Å²) in [5, 5.41) is 0.541. The van der Waals surface area contributed by atoms with E-state index in [9.17, 15) is 9.18 Å². The van der Waals surface area contributed by atoms with Crippen LogP contribution in [0.3, 0.4) is 0 Å². The third-order valence-corrected chi connectivity index (χ3v) is 5.48. The van der Waals surface area contributed by atoms with E-state index in [0.717, 1.165) is 28.8 Å². The van der Waals surface area contributed by atoms with Gasteiger partial charge in [0.05, 0.1) is 4.70 Å². The number of nitrogens with zero attached hydrogens (tertiary/aromatic N) is 3. The number of benzene rings is 2. The molecule has 0 saturated heterocycles. The van der Waals surface area contributed by atoms with Gasteiger partial charge in [-0.25, -0.2) is 9.37 Å². The second-order valence-corrected chi connectivity index (χ2v) is 8.02. The zero-order valence-electron chi connectivity index (χ0n) is 16.5. The van der Waals surface area contributed by atoms with E-state index in [1.54, 1.807) is 11.0 Å². The lowest BCUT2D eigenvalue weighted by Crippen LogP contribution is -2.33. The Hall–Kier alpha value is -2.02. The van der Waals surface area contributed by atoms with Crippen LogP contribution >= 0.6 is 23.7 Å². The first-order valence-electron chi connectivity index (χ1n) is 8.95. The summed E-state index contributed by atoms with van der Waals surface area (Å²) in [5.74, 6) is -0.451. The molecule has 0 N–H and O–H groups in total. The van der Waals surface area contributed by atoms with Crippen LogP contribution in [0, 0.1) is 19.7 Å². The lowest BCUT2D eigenvalue weighted by atomic mass is 10.0. The molecular weight excluding hydrogens is 397 g/mol. The molecule has 0 spiro atoms. The maximum absolute atomic E-state index is 14.1. The number of thiazole rings is 1. The molecule has 2 aromatic carbocycles. The molecule has 4 nitrogen and oxygen atoms in total. The monoisotopic (exact) mass is 421 g/mol. The summed E-state index contributed by atoms with van der Waals surface area (Å²) in [6.45, 7) is 5.34. The highest BCUT2D eigenvalue weighted by Crippen LogP contribution is 2.31. The van der Waals surface area contributed by atoms with Gasteiger partial charge in [0, 0.05) is 12.1 Å². The smallest absolute Gasteiger partial charge is 0.260 e. The molecule has 0 unspecified atom stereocenters. The van der Waals surface area contributed by atoms with Gasteiger partial charge >= 0.3 is 0 Å². The van der Waals surface area contributed by atoms with Crippen molar-refractivity contribution in [2.24, 2.45) is 0 Å². The summed E-state index contributed by atoms with van der Waals surface area (Å²) in [6, 6.07) is 10.7. The zero-order valence-corrected chi connectivity index (χ0v) is 18.2. The number of aryl methyl sites for hydroxylation is 2. The van der Waals surface area contributed by atoms with Gasteiger partial charge in [-0.3, -0.25) is 9.69 Å². The molecule has 1 amide bonds. The highest BCUT2D eigenvalue weighted by molar-refractivity contribution is 7.22. The van der Waals surface area contributed by atoms with Gasteiger partial charge in [0.15, 0.2) is 5.13 Å². The lowest BCUT2D eigenvalue weighted by molar-refractivity contribution is 0.0985. The highest BCUT2D eigenvalue weighted by atomic mass is 35.5. The van der Waals surface area contributed by atoms with Gasteiger partial charge in [0.1, 0.15) is 11.3 Å².